The van der Waals surface area contributed by atoms with Crippen LogP contribution >= 0.6 is 11.3 Å². The van der Waals surface area contributed by atoms with E-state index in [1.54, 1.807) is 0 Å². The first-order valence-electron chi connectivity index (χ1n) is 7.05. The molecule has 2 aromatic heterocycles. The number of amides is 1. The standard InChI is InChI=1S/C17H17N3OS/c1-11(2)7-8-16-19-13-5-3-4-6-14(13)20(16)12-9-15(17(18)21)22-10-12/h3-6,9-10H,1,7-8H2,2H3,(H2,18,21). The molecule has 4 nitrogen and oxygen atoms in total. The summed E-state index contributed by atoms with van der Waals surface area (Å²) < 4.78 is 2.10. The molecule has 0 aliphatic carbocycles. The minimum Gasteiger partial charge on any atom is -0.365 e. The molecule has 0 aliphatic rings. The second-order valence-corrected chi connectivity index (χ2v) is 6.25. The lowest BCUT2D eigenvalue weighted by Gasteiger charge is -2.07. The summed E-state index contributed by atoms with van der Waals surface area (Å²) in [6.45, 7) is 5.97. The van der Waals surface area contributed by atoms with Crippen LogP contribution < -0.4 is 5.73 Å². The molecule has 0 saturated carbocycles. The van der Waals surface area contributed by atoms with Crippen LogP contribution in [0.25, 0.3) is 16.7 Å². The maximum Gasteiger partial charge on any atom is 0.258 e. The molecule has 0 bridgehead atoms. The molecule has 1 amide bonds. The number of carbonyl (C=O) groups is 1. The summed E-state index contributed by atoms with van der Waals surface area (Å²) >= 11 is 1.36. The molecule has 3 rings (SSSR count). The fraction of sp³-hybridized carbons (Fsp3) is 0.176. The summed E-state index contributed by atoms with van der Waals surface area (Å²) in [4.78, 5) is 16.6. The van der Waals surface area contributed by atoms with Crippen molar-refractivity contribution in [1.82, 2.24) is 9.55 Å². The van der Waals surface area contributed by atoms with Gasteiger partial charge in [0.25, 0.3) is 5.91 Å². The SMILES string of the molecule is C=C(C)CCc1nc2ccccc2n1-c1csc(C(N)=O)c1. The number of para-hydroxylation sites is 2. The van der Waals surface area contributed by atoms with Crippen molar-refractivity contribution >= 4 is 28.3 Å². The van der Waals surface area contributed by atoms with E-state index in [0.717, 1.165) is 41.0 Å². The van der Waals surface area contributed by atoms with Crippen molar-refractivity contribution in [2.24, 2.45) is 5.73 Å². The van der Waals surface area contributed by atoms with E-state index in [4.69, 9.17) is 10.7 Å². The summed E-state index contributed by atoms with van der Waals surface area (Å²) in [6.07, 6.45) is 1.70. The van der Waals surface area contributed by atoms with Crippen LogP contribution in [0.15, 0.2) is 47.9 Å². The lowest BCUT2D eigenvalue weighted by atomic mass is 10.2. The fourth-order valence-electron chi connectivity index (χ4n) is 2.43. The average Bonchev–Trinajstić information content (AvgIpc) is 3.08. The summed E-state index contributed by atoms with van der Waals surface area (Å²) in [5.74, 6) is 0.571. The molecule has 2 N–H and O–H groups in total. The van der Waals surface area contributed by atoms with Crippen molar-refractivity contribution in [1.29, 1.82) is 0 Å². The number of hydrogen-bond acceptors (Lipinski definition) is 3. The Morgan fingerprint density at radius 3 is 2.86 bits per heavy atom. The predicted molar refractivity (Wildman–Crippen MR) is 90.6 cm³/mol. The monoisotopic (exact) mass is 311 g/mol. The highest BCUT2D eigenvalue weighted by Gasteiger charge is 2.14. The Morgan fingerprint density at radius 1 is 1.41 bits per heavy atom. The van der Waals surface area contributed by atoms with Crippen LogP contribution in [-0.2, 0) is 6.42 Å². The van der Waals surface area contributed by atoms with Gasteiger partial charge in [0.2, 0.25) is 0 Å². The molecule has 0 atom stereocenters. The molecule has 0 fully saturated rings. The van der Waals surface area contributed by atoms with Gasteiger partial charge in [-0.05, 0) is 31.5 Å². The van der Waals surface area contributed by atoms with Crippen molar-refractivity contribution in [2.45, 2.75) is 19.8 Å². The van der Waals surface area contributed by atoms with E-state index < -0.39 is 5.91 Å². The number of nitrogens with zero attached hydrogens (tertiary/aromatic N) is 2. The van der Waals surface area contributed by atoms with Crippen molar-refractivity contribution < 1.29 is 4.79 Å². The Hall–Kier alpha value is -2.40. The van der Waals surface area contributed by atoms with E-state index in [2.05, 4.69) is 11.1 Å². The summed E-state index contributed by atoms with van der Waals surface area (Å²) in [5, 5.41) is 1.94. The first-order valence-corrected chi connectivity index (χ1v) is 7.93. The third-order valence-corrected chi connectivity index (χ3v) is 4.42. The smallest absolute Gasteiger partial charge is 0.258 e. The summed E-state index contributed by atoms with van der Waals surface area (Å²) in [7, 11) is 0. The molecule has 0 unspecified atom stereocenters. The highest BCUT2D eigenvalue weighted by atomic mass is 32.1. The Kier molecular flexibility index (Phi) is 3.81. The zero-order valence-electron chi connectivity index (χ0n) is 12.4. The van der Waals surface area contributed by atoms with E-state index in [1.165, 1.54) is 11.3 Å². The molecule has 5 heteroatoms. The first kappa shape index (κ1) is 14.5. The Labute approximate surface area is 132 Å². The molecule has 112 valence electrons. The molecule has 0 saturated heterocycles. The van der Waals surface area contributed by atoms with Gasteiger partial charge in [-0.15, -0.1) is 17.9 Å². The Balaban J connectivity index is 2.13. The Morgan fingerprint density at radius 2 is 2.18 bits per heavy atom. The molecule has 3 aromatic rings. The van der Waals surface area contributed by atoms with Crippen molar-refractivity contribution in [3.8, 4) is 5.69 Å². The number of thiophene rings is 1. The summed E-state index contributed by atoms with van der Waals surface area (Å²) in [5.41, 5.74) is 9.41. The normalized spacial score (nSPS) is 11.0. The van der Waals surface area contributed by atoms with E-state index in [-0.39, 0.29) is 0 Å². The van der Waals surface area contributed by atoms with Gasteiger partial charge in [0.15, 0.2) is 0 Å². The summed E-state index contributed by atoms with van der Waals surface area (Å²) in [6, 6.07) is 9.83. The largest absolute Gasteiger partial charge is 0.365 e. The van der Waals surface area contributed by atoms with Gasteiger partial charge in [-0.25, -0.2) is 4.98 Å². The topological polar surface area (TPSA) is 60.9 Å². The van der Waals surface area contributed by atoms with E-state index in [9.17, 15) is 4.79 Å². The van der Waals surface area contributed by atoms with Gasteiger partial charge >= 0.3 is 0 Å². The first-order chi connectivity index (χ1) is 10.6. The molecule has 2 heterocycles. The third-order valence-electron chi connectivity index (χ3n) is 3.49. The second-order valence-electron chi connectivity index (χ2n) is 5.34. The third kappa shape index (κ3) is 2.67. The van der Waals surface area contributed by atoms with Crippen molar-refractivity contribution in [3.05, 3.63) is 58.6 Å². The highest BCUT2D eigenvalue weighted by molar-refractivity contribution is 7.12. The van der Waals surface area contributed by atoms with Gasteiger partial charge in [-0.2, -0.15) is 0 Å². The Bertz CT molecular complexity index is 860. The number of aryl methyl sites for hydroxylation is 1. The number of rotatable bonds is 5. The van der Waals surface area contributed by atoms with Crippen LogP contribution in [-0.4, -0.2) is 15.5 Å². The molecule has 0 radical (unpaired) electrons. The number of nitrogens with two attached hydrogens (primary N) is 1. The number of imidazole rings is 1. The number of primary amides is 1. The second kappa shape index (κ2) is 5.77. The number of fused-ring (bicyclic) bond motifs is 1. The highest BCUT2D eigenvalue weighted by Crippen LogP contribution is 2.26. The van der Waals surface area contributed by atoms with Gasteiger partial charge in [0, 0.05) is 11.8 Å². The minimum atomic E-state index is -0.399. The molecule has 0 aliphatic heterocycles. The molecule has 22 heavy (non-hydrogen) atoms. The zero-order valence-corrected chi connectivity index (χ0v) is 13.2. The number of hydrogen-bond donors (Lipinski definition) is 1. The quantitative estimate of drug-likeness (QED) is 0.730. The van der Waals surface area contributed by atoms with Crippen molar-refractivity contribution in [2.75, 3.05) is 0 Å². The van der Waals surface area contributed by atoms with E-state index in [1.807, 2.05) is 42.6 Å². The van der Waals surface area contributed by atoms with Crippen LogP contribution in [0.4, 0.5) is 0 Å². The maximum atomic E-state index is 11.3. The van der Waals surface area contributed by atoms with E-state index >= 15 is 0 Å². The van der Waals surface area contributed by atoms with Gasteiger partial charge in [-0.3, -0.25) is 9.36 Å². The average molecular weight is 311 g/mol. The maximum absolute atomic E-state index is 11.3. The van der Waals surface area contributed by atoms with Crippen LogP contribution in [0.1, 0.15) is 28.8 Å². The number of carbonyl (C=O) groups excluding carboxylic acids is 1. The minimum absolute atomic E-state index is 0.399. The molecular weight excluding hydrogens is 294 g/mol. The molecule has 0 spiro atoms. The molecular formula is C17H17N3OS. The van der Waals surface area contributed by atoms with Crippen LogP contribution in [0.3, 0.4) is 0 Å². The van der Waals surface area contributed by atoms with Crippen LogP contribution in [0.2, 0.25) is 0 Å². The van der Waals surface area contributed by atoms with Crippen LogP contribution in [0, 0.1) is 0 Å². The molecule has 1 aromatic carbocycles. The number of benzene rings is 1. The van der Waals surface area contributed by atoms with Crippen LogP contribution in [0.5, 0.6) is 0 Å². The van der Waals surface area contributed by atoms with Gasteiger partial charge in [-0.1, -0.05) is 17.7 Å². The van der Waals surface area contributed by atoms with Gasteiger partial charge < -0.3 is 5.73 Å². The number of allylic oxidation sites excluding steroid dienone is 1. The fourth-order valence-corrected chi connectivity index (χ4v) is 3.16. The lowest BCUT2D eigenvalue weighted by molar-refractivity contribution is 0.100. The van der Waals surface area contributed by atoms with E-state index in [0.29, 0.717) is 4.88 Å². The zero-order chi connectivity index (χ0) is 15.7. The van der Waals surface area contributed by atoms with Gasteiger partial charge in [0.1, 0.15) is 5.82 Å². The van der Waals surface area contributed by atoms with Gasteiger partial charge in [0.05, 0.1) is 21.6 Å². The lowest BCUT2D eigenvalue weighted by Crippen LogP contribution is -2.08. The predicted octanol–water partition coefficient (Wildman–Crippen LogP) is 3.69. The van der Waals surface area contributed by atoms with Crippen molar-refractivity contribution in [3.63, 3.8) is 0 Å². The number of aromatic nitrogens is 2.